The van der Waals surface area contributed by atoms with Gasteiger partial charge in [0.2, 0.25) is 0 Å². The van der Waals surface area contributed by atoms with E-state index in [2.05, 4.69) is 33.8 Å². The van der Waals surface area contributed by atoms with Gasteiger partial charge in [-0.25, -0.2) is 0 Å². The van der Waals surface area contributed by atoms with Gasteiger partial charge in [-0.05, 0) is 38.5 Å². The van der Waals surface area contributed by atoms with E-state index in [-0.39, 0.29) is 11.5 Å². The number of aliphatic hydroxyl groups is 1. The fourth-order valence-corrected chi connectivity index (χ4v) is 1.45. The summed E-state index contributed by atoms with van der Waals surface area (Å²) in [5, 5.41) is 9.73. The molecule has 0 aliphatic heterocycles. The number of aliphatic hydroxyl groups excluding tert-OH is 1. The van der Waals surface area contributed by atoms with Crippen molar-refractivity contribution in [2.75, 3.05) is 0 Å². The lowest BCUT2D eigenvalue weighted by atomic mass is 9.81. The van der Waals surface area contributed by atoms with Crippen LogP contribution in [-0.4, -0.2) is 11.2 Å². The third-order valence-corrected chi connectivity index (χ3v) is 2.63. The first-order valence-corrected chi connectivity index (χ1v) is 5.21. The first-order valence-electron chi connectivity index (χ1n) is 5.21. The molecule has 0 fully saturated rings. The third-order valence-electron chi connectivity index (χ3n) is 2.63. The van der Waals surface area contributed by atoms with E-state index in [1.807, 2.05) is 6.92 Å². The molecule has 1 nitrogen and oxygen atoms in total. The molecule has 0 radical (unpaired) electrons. The second-order valence-corrected chi connectivity index (χ2v) is 4.73. The summed E-state index contributed by atoms with van der Waals surface area (Å²) < 4.78 is 0. The van der Waals surface area contributed by atoms with Crippen molar-refractivity contribution in [2.24, 2.45) is 5.41 Å². The summed E-state index contributed by atoms with van der Waals surface area (Å²) in [5.41, 5.74) is 1.42. The van der Waals surface area contributed by atoms with Crippen LogP contribution in [0.3, 0.4) is 0 Å². The Bertz CT molecular complexity index is 164. The van der Waals surface area contributed by atoms with E-state index in [1.54, 1.807) is 0 Å². The summed E-state index contributed by atoms with van der Waals surface area (Å²) in [7, 11) is 0. The molecule has 1 unspecified atom stereocenters. The van der Waals surface area contributed by atoms with Crippen LogP contribution in [0.25, 0.3) is 0 Å². The second kappa shape index (κ2) is 5.43. The molecule has 0 spiro atoms. The van der Waals surface area contributed by atoms with Gasteiger partial charge in [-0.2, -0.15) is 0 Å². The van der Waals surface area contributed by atoms with Crippen LogP contribution in [-0.2, 0) is 0 Å². The average Bonchev–Trinajstić information content (AvgIpc) is 2.01. The molecule has 0 rings (SSSR count). The number of rotatable bonds is 5. The van der Waals surface area contributed by atoms with Crippen LogP contribution in [0.4, 0.5) is 0 Å². The maximum Gasteiger partial charge on any atom is 0.0588 e. The lowest BCUT2D eigenvalue weighted by Gasteiger charge is -2.29. The predicted molar refractivity (Wildman–Crippen MR) is 58.7 cm³/mol. The van der Waals surface area contributed by atoms with Gasteiger partial charge in [0.25, 0.3) is 0 Å². The molecule has 1 N–H and O–H groups in total. The minimum Gasteiger partial charge on any atom is -0.393 e. The van der Waals surface area contributed by atoms with Gasteiger partial charge in [0.15, 0.2) is 0 Å². The van der Waals surface area contributed by atoms with E-state index >= 15 is 0 Å². The minimum absolute atomic E-state index is 0.0563. The molecule has 1 atom stereocenters. The Labute approximate surface area is 82.9 Å². The van der Waals surface area contributed by atoms with Crippen molar-refractivity contribution in [3.05, 3.63) is 11.6 Å². The lowest BCUT2D eigenvalue weighted by Crippen LogP contribution is -2.28. The standard InChI is InChI=1S/C12H24O/c1-6-11(13)12(4,5)9-7-8-10(2)3/h8,11,13H,6-7,9H2,1-5H3. The van der Waals surface area contributed by atoms with Crippen molar-refractivity contribution in [3.8, 4) is 0 Å². The molecule has 78 valence electrons. The molecule has 0 bridgehead atoms. The van der Waals surface area contributed by atoms with E-state index in [4.69, 9.17) is 0 Å². The van der Waals surface area contributed by atoms with Crippen LogP contribution in [0.5, 0.6) is 0 Å². The van der Waals surface area contributed by atoms with Crippen molar-refractivity contribution in [1.29, 1.82) is 0 Å². The highest BCUT2D eigenvalue weighted by Crippen LogP contribution is 2.28. The third kappa shape index (κ3) is 5.09. The van der Waals surface area contributed by atoms with Crippen LogP contribution in [0.1, 0.15) is 53.9 Å². The normalized spacial score (nSPS) is 14.0. The van der Waals surface area contributed by atoms with E-state index < -0.39 is 0 Å². The molecule has 0 aromatic carbocycles. The van der Waals surface area contributed by atoms with Crippen molar-refractivity contribution < 1.29 is 5.11 Å². The zero-order chi connectivity index (χ0) is 10.5. The van der Waals surface area contributed by atoms with Crippen LogP contribution >= 0.6 is 0 Å². The largest absolute Gasteiger partial charge is 0.393 e. The van der Waals surface area contributed by atoms with Gasteiger partial charge in [0.05, 0.1) is 6.10 Å². The molecule has 0 aliphatic carbocycles. The molecule has 0 amide bonds. The number of hydrogen-bond acceptors (Lipinski definition) is 1. The Kier molecular flexibility index (Phi) is 5.31. The molecular weight excluding hydrogens is 160 g/mol. The zero-order valence-corrected chi connectivity index (χ0v) is 9.72. The summed E-state index contributed by atoms with van der Waals surface area (Å²) in [6.07, 6.45) is 5.06. The maximum absolute atomic E-state index is 9.73. The Balaban J connectivity index is 3.96. The SMILES string of the molecule is CCC(O)C(C)(C)CCC=C(C)C. The van der Waals surface area contributed by atoms with E-state index in [1.165, 1.54) is 5.57 Å². The minimum atomic E-state index is -0.168. The van der Waals surface area contributed by atoms with Crippen LogP contribution in [0.2, 0.25) is 0 Å². The van der Waals surface area contributed by atoms with E-state index in [0.717, 1.165) is 19.3 Å². The molecule has 0 aliphatic rings. The number of hydrogen-bond donors (Lipinski definition) is 1. The van der Waals surface area contributed by atoms with Crippen LogP contribution in [0, 0.1) is 5.41 Å². The van der Waals surface area contributed by atoms with Gasteiger partial charge >= 0.3 is 0 Å². The first kappa shape index (κ1) is 12.7. The van der Waals surface area contributed by atoms with Gasteiger partial charge in [-0.15, -0.1) is 0 Å². The Morgan fingerprint density at radius 1 is 1.38 bits per heavy atom. The molecule has 13 heavy (non-hydrogen) atoms. The Morgan fingerprint density at radius 3 is 2.31 bits per heavy atom. The van der Waals surface area contributed by atoms with Crippen molar-refractivity contribution in [3.63, 3.8) is 0 Å². The van der Waals surface area contributed by atoms with Crippen molar-refractivity contribution >= 4 is 0 Å². The summed E-state index contributed by atoms with van der Waals surface area (Å²) in [5.74, 6) is 0. The van der Waals surface area contributed by atoms with Gasteiger partial charge in [0, 0.05) is 0 Å². The van der Waals surface area contributed by atoms with E-state index in [9.17, 15) is 5.11 Å². The van der Waals surface area contributed by atoms with Crippen LogP contribution in [0.15, 0.2) is 11.6 Å². The molecule has 0 aromatic heterocycles. The predicted octanol–water partition coefficient (Wildman–Crippen LogP) is 3.53. The van der Waals surface area contributed by atoms with E-state index in [0.29, 0.717) is 0 Å². The highest BCUT2D eigenvalue weighted by atomic mass is 16.3. The fourth-order valence-electron chi connectivity index (χ4n) is 1.45. The highest BCUT2D eigenvalue weighted by Gasteiger charge is 2.24. The molecule has 0 aromatic rings. The fraction of sp³-hybridized carbons (Fsp3) is 0.833. The molecular formula is C12H24O. The summed E-state index contributed by atoms with van der Waals surface area (Å²) in [4.78, 5) is 0. The maximum atomic E-state index is 9.73. The van der Waals surface area contributed by atoms with Gasteiger partial charge in [-0.1, -0.05) is 32.4 Å². The first-order chi connectivity index (χ1) is 5.90. The number of allylic oxidation sites excluding steroid dienone is 2. The van der Waals surface area contributed by atoms with Gasteiger partial charge < -0.3 is 5.11 Å². The zero-order valence-electron chi connectivity index (χ0n) is 9.72. The topological polar surface area (TPSA) is 20.2 Å². The average molecular weight is 184 g/mol. The quantitative estimate of drug-likeness (QED) is 0.648. The van der Waals surface area contributed by atoms with Crippen molar-refractivity contribution in [1.82, 2.24) is 0 Å². The smallest absolute Gasteiger partial charge is 0.0588 e. The molecule has 0 heterocycles. The monoisotopic (exact) mass is 184 g/mol. The van der Waals surface area contributed by atoms with Crippen LogP contribution < -0.4 is 0 Å². The van der Waals surface area contributed by atoms with Gasteiger partial charge in [-0.3, -0.25) is 0 Å². The second-order valence-electron chi connectivity index (χ2n) is 4.73. The lowest BCUT2D eigenvalue weighted by molar-refractivity contribution is 0.0418. The molecule has 0 saturated heterocycles. The highest BCUT2D eigenvalue weighted by molar-refractivity contribution is 4.94. The van der Waals surface area contributed by atoms with Crippen molar-refractivity contribution in [2.45, 2.75) is 60.0 Å². The van der Waals surface area contributed by atoms with Gasteiger partial charge in [0.1, 0.15) is 0 Å². The summed E-state index contributed by atoms with van der Waals surface area (Å²) in [6.45, 7) is 10.5. The Morgan fingerprint density at radius 2 is 1.92 bits per heavy atom. The Hall–Kier alpha value is -0.300. The molecule has 1 heteroatoms. The summed E-state index contributed by atoms with van der Waals surface area (Å²) in [6, 6.07) is 0. The summed E-state index contributed by atoms with van der Waals surface area (Å²) >= 11 is 0. The molecule has 0 saturated carbocycles.